The van der Waals surface area contributed by atoms with E-state index in [0.717, 1.165) is 18.2 Å². The number of nitro groups is 1. The topological polar surface area (TPSA) is 55.2 Å². The van der Waals surface area contributed by atoms with E-state index in [9.17, 15) is 27.7 Å². The van der Waals surface area contributed by atoms with E-state index >= 15 is 0 Å². The summed E-state index contributed by atoms with van der Waals surface area (Å²) < 4.78 is 52.2. The molecule has 0 aliphatic heterocycles. The summed E-state index contributed by atoms with van der Waals surface area (Å²) in [6.07, 6.45) is 0. The minimum atomic E-state index is -1.33. The quantitative estimate of drug-likeness (QED) is 0.531. The molecular formula is C13H8F4N2O2. The van der Waals surface area contributed by atoms with Crippen LogP contribution in [0.5, 0.6) is 0 Å². The summed E-state index contributed by atoms with van der Waals surface area (Å²) in [4.78, 5) is 9.76. The molecule has 0 heterocycles. The Bertz CT molecular complexity index is 707. The Morgan fingerprint density at radius 3 is 2.33 bits per heavy atom. The molecule has 4 nitrogen and oxygen atoms in total. The standard InChI is InChI=1S/C13H8F4N2O2/c14-8-4-11(17)13(19(20)21)12(5-8)18-6-7-1-2-9(15)10(16)3-7/h1-5,18H,6H2. The molecule has 0 bridgehead atoms. The van der Waals surface area contributed by atoms with Crippen molar-refractivity contribution in [2.24, 2.45) is 0 Å². The molecule has 0 unspecified atom stereocenters. The fourth-order valence-electron chi connectivity index (χ4n) is 1.73. The summed E-state index contributed by atoms with van der Waals surface area (Å²) in [6.45, 7) is -0.166. The van der Waals surface area contributed by atoms with E-state index in [0.29, 0.717) is 6.07 Å². The largest absolute Gasteiger partial charge is 0.375 e. The number of hydrogen-bond acceptors (Lipinski definition) is 3. The summed E-state index contributed by atoms with van der Waals surface area (Å²) in [5, 5.41) is 13.2. The molecule has 0 aliphatic rings. The highest BCUT2D eigenvalue weighted by atomic mass is 19.2. The van der Waals surface area contributed by atoms with E-state index in [1.165, 1.54) is 6.07 Å². The average Bonchev–Trinajstić information content (AvgIpc) is 2.38. The summed E-state index contributed by atoms with van der Waals surface area (Å²) in [5.74, 6) is -4.45. The van der Waals surface area contributed by atoms with Crippen molar-refractivity contribution in [1.29, 1.82) is 0 Å². The van der Waals surface area contributed by atoms with E-state index < -0.39 is 33.9 Å². The van der Waals surface area contributed by atoms with Crippen molar-refractivity contribution in [2.45, 2.75) is 6.54 Å². The Balaban J connectivity index is 2.27. The van der Waals surface area contributed by atoms with Crippen LogP contribution in [0.25, 0.3) is 0 Å². The molecule has 0 spiro atoms. The number of hydrogen-bond donors (Lipinski definition) is 1. The van der Waals surface area contributed by atoms with Crippen molar-refractivity contribution in [3.8, 4) is 0 Å². The highest BCUT2D eigenvalue weighted by Crippen LogP contribution is 2.29. The van der Waals surface area contributed by atoms with Crippen molar-refractivity contribution < 1.29 is 22.5 Å². The van der Waals surface area contributed by atoms with Gasteiger partial charge in [-0.3, -0.25) is 10.1 Å². The molecule has 2 rings (SSSR count). The fourth-order valence-corrected chi connectivity index (χ4v) is 1.73. The Morgan fingerprint density at radius 1 is 1.00 bits per heavy atom. The third-order valence-corrected chi connectivity index (χ3v) is 2.68. The number of nitro benzene ring substituents is 1. The maximum atomic E-state index is 13.4. The van der Waals surface area contributed by atoms with Gasteiger partial charge in [-0.2, -0.15) is 4.39 Å². The second-order valence-corrected chi connectivity index (χ2v) is 4.14. The highest BCUT2D eigenvalue weighted by molar-refractivity contribution is 5.62. The summed E-state index contributed by atoms with van der Waals surface area (Å²) in [7, 11) is 0. The molecule has 2 aromatic carbocycles. The van der Waals surface area contributed by atoms with Crippen LogP contribution in [-0.2, 0) is 6.54 Å². The number of nitrogens with one attached hydrogen (secondary N) is 1. The number of benzene rings is 2. The predicted octanol–water partition coefficient (Wildman–Crippen LogP) is 3.76. The van der Waals surface area contributed by atoms with E-state index in [1.807, 2.05) is 0 Å². The minimum absolute atomic E-state index is 0.166. The van der Waals surface area contributed by atoms with Gasteiger partial charge in [0.1, 0.15) is 11.5 Å². The van der Waals surface area contributed by atoms with Crippen LogP contribution < -0.4 is 5.32 Å². The first-order valence-electron chi connectivity index (χ1n) is 5.69. The molecule has 0 fully saturated rings. The van der Waals surface area contributed by atoms with Crippen LogP contribution in [0.1, 0.15) is 5.56 Å². The van der Waals surface area contributed by atoms with E-state index in [-0.39, 0.29) is 17.8 Å². The molecule has 0 saturated carbocycles. The molecule has 8 heteroatoms. The van der Waals surface area contributed by atoms with Crippen molar-refractivity contribution >= 4 is 11.4 Å². The van der Waals surface area contributed by atoms with Gasteiger partial charge in [0.05, 0.1) is 4.92 Å². The van der Waals surface area contributed by atoms with Gasteiger partial charge in [-0.25, -0.2) is 13.2 Å². The lowest BCUT2D eigenvalue weighted by molar-refractivity contribution is -0.386. The Kier molecular flexibility index (Phi) is 4.06. The van der Waals surface area contributed by atoms with Crippen LogP contribution in [0, 0.1) is 33.4 Å². The minimum Gasteiger partial charge on any atom is -0.375 e. The van der Waals surface area contributed by atoms with E-state index in [2.05, 4.69) is 5.32 Å². The SMILES string of the molecule is O=[N+]([O-])c1c(F)cc(F)cc1NCc1ccc(F)c(F)c1. The summed E-state index contributed by atoms with van der Waals surface area (Å²) >= 11 is 0. The van der Waals surface area contributed by atoms with Gasteiger partial charge in [0, 0.05) is 18.7 Å². The first kappa shape index (κ1) is 14.8. The van der Waals surface area contributed by atoms with E-state index in [1.54, 1.807) is 0 Å². The van der Waals surface area contributed by atoms with Gasteiger partial charge in [-0.1, -0.05) is 6.07 Å². The molecule has 21 heavy (non-hydrogen) atoms. The van der Waals surface area contributed by atoms with Crippen LogP contribution >= 0.6 is 0 Å². The molecule has 0 aromatic heterocycles. The first-order valence-corrected chi connectivity index (χ1v) is 5.69. The first-order chi connectivity index (χ1) is 9.88. The summed E-state index contributed by atoms with van der Waals surface area (Å²) in [6, 6.07) is 4.14. The third-order valence-electron chi connectivity index (χ3n) is 2.68. The normalized spacial score (nSPS) is 10.5. The van der Waals surface area contributed by atoms with Crippen LogP contribution in [0.4, 0.5) is 28.9 Å². The molecular weight excluding hydrogens is 292 g/mol. The van der Waals surface area contributed by atoms with Crippen LogP contribution in [0.15, 0.2) is 30.3 Å². The zero-order chi connectivity index (χ0) is 15.6. The lowest BCUT2D eigenvalue weighted by Crippen LogP contribution is -2.05. The van der Waals surface area contributed by atoms with Crippen molar-refractivity contribution in [2.75, 3.05) is 5.32 Å². The second-order valence-electron chi connectivity index (χ2n) is 4.14. The zero-order valence-electron chi connectivity index (χ0n) is 10.4. The number of anilines is 1. The zero-order valence-corrected chi connectivity index (χ0v) is 10.4. The van der Waals surface area contributed by atoms with Gasteiger partial charge >= 0.3 is 5.69 Å². The summed E-state index contributed by atoms with van der Waals surface area (Å²) in [5.41, 5.74) is -1.05. The molecule has 0 amide bonds. The smallest absolute Gasteiger partial charge is 0.327 e. The van der Waals surface area contributed by atoms with Crippen LogP contribution in [0.3, 0.4) is 0 Å². The number of nitrogens with zero attached hydrogens (tertiary/aromatic N) is 1. The van der Waals surface area contributed by atoms with Crippen LogP contribution in [0.2, 0.25) is 0 Å². The maximum Gasteiger partial charge on any atom is 0.327 e. The van der Waals surface area contributed by atoms with Gasteiger partial charge < -0.3 is 5.32 Å². The predicted molar refractivity (Wildman–Crippen MR) is 66.7 cm³/mol. The lowest BCUT2D eigenvalue weighted by atomic mass is 10.2. The second kappa shape index (κ2) is 5.78. The molecule has 0 saturated heterocycles. The molecule has 0 aliphatic carbocycles. The van der Waals surface area contributed by atoms with E-state index in [4.69, 9.17) is 0 Å². The van der Waals surface area contributed by atoms with Gasteiger partial charge in [0.2, 0.25) is 5.82 Å². The molecule has 0 atom stereocenters. The Labute approximate surface area is 116 Å². The van der Waals surface area contributed by atoms with Gasteiger partial charge in [-0.05, 0) is 17.7 Å². The van der Waals surface area contributed by atoms with Crippen molar-refractivity contribution in [3.63, 3.8) is 0 Å². The monoisotopic (exact) mass is 300 g/mol. The maximum absolute atomic E-state index is 13.4. The Morgan fingerprint density at radius 2 is 1.71 bits per heavy atom. The Hall–Kier alpha value is -2.64. The van der Waals surface area contributed by atoms with Gasteiger partial charge in [0.15, 0.2) is 11.6 Å². The third kappa shape index (κ3) is 3.28. The van der Waals surface area contributed by atoms with Crippen molar-refractivity contribution in [3.05, 3.63) is 69.3 Å². The molecule has 2 aromatic rings. The number of rotatable bonds is 4. The lowest BCUT2D eigenvalue weighted by Gasteiger charge is -2.08. The fraction of sp³-hybridized carbons (Fsp3) is 0.0769. The van der Waals surface area contributed by atoms with Gasteiger partial charge in [0.25, 0.3) is 0 Å². The molecule has 0 radical (unpaired) electrons. The van der Waals surface area contributed by atoms with Crippen LogP contribution in [-0.4, -0.2) is 4.92 Å². The number of halogens is 4. The molecule has 110 valence electrons. The van der Waals surface area contributed by atoms with Crippen molar-refractivity contribution in [1.82, 2.24) is 0 Å². The molecule has 1 N–H and O–H groups in total. The highest BCUT2D eigenvalue weighted by Gasteiger charge is 2.21. The average molecular weight is 300 g/mol. The van der Waals surface area contributed by atoms with Gasteiger partial charge in [-0.15, -0.1) is 0 Å².